The molecule has 0 spiro atoms. The summed E-state index contributed by atoms with van der Waals surface area (Å²) in [7, 11) is 0. The van der Waals surface area contributed by atoms with Gasteiger partial charge in [-0.3, -0.25) is 0 Å². The first-order chi connectivity index (χ1) is 7.66. The van der Waals surface area contributed by atoms with Gasteiger partial charge in [0.1, 0.15) is 0 Å². The van der Waals surface area contributed by atoms with Crippen molar-refractivity contribution in [3.63, 3.8) is 0 Å². The van der Waals surface area contributed by atoms with E-state index in [0.29, 0.717) is 12.1 Å². The third-order valence-electron chi connectivity index (χ3n) is 3.22. The van der Waals surface area contributed by atoms with E-state index >= 15 is 0 Å². The normalized spacial score (nSPS) is 27.9. The summed E-state index contributed by atoms with van der Waals surface area (Å²) >= 11 is 5.36. The van der Waals surface area contributed by atoms with Crippen molar-refractivity contribution < 1.29 is 5.11 Å². The molecule has 4 heteroatoms. The van der Waals surface area contributed by atoms with Crippen LogP contribution < -0.4 is 5.32 Å². The Labute approximate surface area is 109 Å². The minimum Gasteiger partial charge on any atom is -0.393 e. The lowest BCUT2D eigenvalue weighted by Crippen LogP contribution is -2.36. The van der Waals surface area contributed by atoms with Gasteiger partial charge in [0.15, 0.2) is 0 Å². The molecule has 90 valence electrons. The van der Waals surface area contributed by atoms with Crippen LogP contribution in [-0.2, 0) is 0 Å². The average molecular weight is 304 g/mol. The first-order valence-corrected chi connectivity index (χ1v) is 7.51. The maximum atomic E-state index is 9.46. The van der Waals surface area contributed by atoms with E-state index < -0.39 is 0 Å². The van der Waals surface area contributed by atoms with Gasteiger partial charge >= 0.3 is 0 Å². The molecule has 1 heterocycles. The number of hydrogen-bond acceptors (Lipinski definition) is 3. The van der Waals surface area contributed by atoms with Crippen LogP contribution in [0.1, 0.15) is 43.5 Å². The third-order valence-corrected chi connectivity index (χ3v) is 5.27. The summed E-state index contributed by atoms with van der Waals surface area (Å²) in [6, 6.07) is 3.06. The Bertz CT molecular complexity index is 334. The second-order valence-corrected chi connectivity index (χ2v) is 6.33. The number of rotatable bonds is 3. The number of thiophene rings is 1. The summed E-state index contributed by atoms with van der Waals surface area (Å²) in [6.07, 6.45) is 4.00. The molecule has 0 aliphatic heterocycles. The van der Waals surface area contributed by atoms with Crippen molar-refractivity contribution in [3.8, 4) is 0 Å². The highest BCUT2D eigenvalue weighted by atomic mass is 79.9. The lowest BCUT2D eigenvalue weighted by Gasteiger charge is -2.28. The Hall–Kier alpha value is 0.100. The monoisotopic (exact) mass is 303 g/mol. The highest BCUT2D eigenvalue weighted by molar-refractivity contribution is 9.10. The van der Waals surface area contributed by atoms with Gasteiger partial charge in [0, 0.05) is 21.4 Å². The molecule has 0 aromatic carbocycles. The van der Waals surface area contributed by atoms with Crippen molar-refractivity contribution in [2.45, 2.75) is 50.8 Å². The molecule has 2 rings (SSSR count). The van der Waals surface area contributed by atoms with Crippen molar-refractivity contribution in [2.24, 2.45) is 0 Å². The minimum atomic E-state index is -0.0677. The zero-order valence-corrected chi connectivity index (χ0v) is 11.9. The molecule has 1 fully saturated rings. The van der Waals surface area contributed by atoms with Crippen molar-refractivity contribution in [1.29, 1.82) is 0 Å². The van der Waals surface area contributed by atoms with Crippen molar-refractivity contribution in [2.75, 3.05) is 0 Å². The number of nitrogens with one attached hydrogen (secondary N) is 1. The Kier molecular flexibility index (Phi) is 4.41. The standard InChI is InChI=1S/C12H18BrNOS/c1-8(12-11(13)6-7-16-12)14-9-2-4-10(15)5-3-9/h6-10,14-15H,2-5H2,1H3. The molecule has 1 unspecified atom stereocenters. The quantitative estimate of drug-likeness (QED) is 0.896. The first-order valence-electron chi connectivity index (χ1n) is 5.84. The fraction of sp³-hybridized carbons (Fsp3) is 0.667. The largest absolute Gasteiger partial charge is 0.393 e. The van der Waals surface area contributed by atoms with Crippen LogP contribution in [0.4, 0.5) is 0 Å². The van der Waals surface area contributed by atoms with Crippen LogP contribution in [-0.4, -0.2) is 17.3 Å². The Morgan fingerprint density at radius 1 is 1.44 bits per heavy atom. The SMILES string of the molecule is CC(NC1CCC(O)CC1)c1sccc1Br. The average Bonchev–Trinajstić information content (AvgIpc) is 2.68. The predicted molar refractivity (Wildman–Crippen MR) is 71.8 cm³/mol. The lowest BCUT2D eigenvalue weighted by molar-refractivity contribution is 0.114. The summed E-state index contributed by atoms with van der Waals surface area (Å²) in [4.78, 5) is 1.37. The van der Waals surface area contributed by atoms with Crippen LogP contribution in [0.15, 0.2) is 15.9 Å². The van der Waals surface area contributed by atoms with E-state index in [0.717, 1.165) is 25.7 Å². The molecule has 1 saturated carbocycles. The van der Waals surface area contributed by atoms with Crippen LogP contribution in [0.2, 0.25) is 0 Å². The van der Waals surface area contributed by atoms with Gasteiger partial charge < -0.3 is 10.4 Å². The highest BCUT2D eigenvalue weighted by Crippen LogP contribution is 2.30. The van der Waals surface area contributed by atoms with Crippen LogP contribution in [0.3, 0.4) is 0 Å². The van der Waals surface area contributed by atoms with E-state index in [1.54, 1.807) is 11.3 Å². The van der Waals surface area contributed by atoms with E-state index in [1.165, 1.54) is 9.35 Å². The molecular formula is C12H18BrNOS. The lowest BCUT2D eigenvalue weighted by atomic mass is 9.92. The number of aliphatic hydroxyl groups is 1. The third kappa shape index (κ3) is 3.06. The topological polar surface area (TPSA) is 32.3 Å². The molecule has 0 saturated heterocycles. The molecule has 2 N–H and O–H groups in total. The molecule has 1 aliphatic carbocycles. The number of hydrogen-bond donors (Lipinski definition) is 2. The molecule has 0 amide bonds. The van der Waals surface area contributed by atoms with E-state index in [-0.39, 0.29) is 6.10 Å². The van der Waals surface area contributed by atoms with Crippen LogP contribution in [0.25, 0.3) is 0 Å². The summed E-state index contributed by atoms with van der Waals surface area (Å²) < 4.78 is 1.20. The number of halogens is 1. The van der Waals surface area contributed by atoms with E-state index in [4.69, 9.17) is 0 Å². The van der Waals surface area contributed by atoms with Gasteiger partial charge in [0.2, 0.25) is 0 Å². The first kappa shape index (κ1) is 12.6. The van der Waals surface area contributed by atoms with Crippen molar-refractivity contribution in [1.82, 2.24) is 5.32 Å². The molecule has 1 aromatic heterocycles. The number of aliphatic hydroxyl groups excluding tert-OH is 1. The Morgan fingerprint density at radius 2 is 2.12 bits per heavy atom. The summed E-state index contributed by atoms with van der Waals surface area (Å²) in [5, 5.41) is 15.2. The molecular weight excluding hydrogens is 286 g/mol. The zero-order chi connectivity index (χ0) is 11.5. The van der Waals surface area contributed by atoms with E-state index in [1.807, 2.05) is 0 Å². The maximum Gasteiger partial charge on any atom is 0.0541 e. The fourth-order valence-electron chi connectivity index (χ4n) is 2.29. The molecule has 16 heavy (non-hydrogen) atoms. The van der Waals surface area contributed by atoms with Crippen molar-refractivity contribution in [3.05, 3.63) is 20.8 Å². The predicted octanol–water partition coefficient (Wildman–Crippen LogP) is 3.46. The maximum absolute atomic E-state index is 9.46. The molecule has 1 aliphatic rings. The van der Waals surface area contributed by atoms with Gasteiger partial charge in [0.25, 0.3) is 0 Å². The van der Waals surface area contributed by atoms with E-state index in [2.05, 4.69) is 39.6 Å². The van der Waals surface area contributed by atoms with Gasteiger partial charge in [-0.1, -0.05) is 0 Å². The smallest absolute Gasteiger partial charge is 0.0541 e. The van der Waals surface area contributed by atoms with Crippen LogP contribution in [0.5, 0.6) is 0 Å². The van der Waals surface area contributed by atoms with Crippen molar-refractivity contribution >= 4 is 27.3 Å². The van der Waals surface area contributed by atoms with Crippen LogP contribution in [0, 0.1) is 0 Å². The summed E-state index contributed by atoms with van der Waals surface area (Å²) in [5.74, 6) is 0. The van der Waals surface area contributed by atoms with Gasteiger partial charge in [-0.2, -0.15) is 0 Å². The molecule has 1 aromatic rings. The van der Waals surface area contributed by atoms with Gasteiger partial charge in [-0.15, -0.1) is 11.3 Å². The Morgan fingerprint density at radius 3 is 2.69 bits per heavy atom. The van der Waals surface area contributed by atoms with Gasteiger partial charge in [-0.25, -0.2) is 0 Å². The minimum absolute atomic E-state index is 0.0677. The summed E-state index contributed by atoms with van der Waals surface area (Å²) in [5.41, 5.74) is 0. The second-order valence-electron chi connectivity index (χ2n) is 4.53. The molecule has 0 radical (unpaired) electrons. The fourth-order valence-corrected chi connectivity index (χ4v) is 4.02. The molecule has 2 nitrogen and oxygen atoms in total. The van der Waals surface area contributed by atoms with Crippen LogP contribution >= 0.6 is 27.3 Å². The second kappa shape index (κ2) is 5.63. The van der Waals surface area contributed by atoms with E-state index in [9.17, 15) is 5.11 Å². The molecule has 0 bridgehead atoms. The summed E-state index contributed by atoms with van der Waals surface area (Å²) in [6.45, 7) is 2.21. The van der Waals surface area contributed by atoms with Gasteiger partial charge in [0.05, 0.1) is 6.10 Å². The van der Waals surface area contributed by atoms with Gasteiger partial charge in [-0.05, 0) is 60.0 Å². The molecule has 1 atom stereocenters. The zero-order valence-electron chi connectivity index (χ0n) is 9.45. The highest BCUT2D eigenvalue weighted by Gasteiger charge is 2.21. The Balaban J connectivity index is 1.88.